The Morgan fingerprint density at radius 3 is 2.38 bits per heavy atom. The highest BCUT2D eigenvalue weighted by atomic mass is 16.6. The zero-order valence-corrected chi connectivity index (χ0v) is 17.4. The second kappa shape index (κ2) is 8.55. The summed E-state index contributed by atoms with van der Waals surface area (Å²) in [5.74, 6) is 0.397. The van der Waals surface area contributed by atoms with Crippen LogP contribution in [0.25, 0.3) is 21.7 Å². The van der Waals surface area contributed by atoms with Gasteiger partial charge < -0.3 is 9.72 Å². The number of nitro groups is 1. The Labute approximate surface area is 185 Å². The summed E-state index contributed by atoms with van der Waals surface area (Å²) in [6.45, 7) is 0.291. The van der Waals surface area contributed by atoms with Gasteiger partial charge in [0.15, 0.2) is 0 Å². The van der Waals surface area contributed by atoms with Gasteiger partial charge in [-0.15, -0.1) is 0 Å². The van der Waals surface area contributed by atoms with Crippen molar-refractivity contribution in [3.8, 4) is 5.75 Å². The summed E-state index contributed by atoms with van der Waals surface area (Å²) in [4.78, 5) is 14.4. The number of aromatic nitrogens is 1. The predicted molar refractivity (Wildman–Crippen MR) is 127 cm³/mol. The van der Waals surface area contributed by atoms with Crippen LogP contribution < -0.4 is 4.74 Å². The number of aromatic amines is 1. The van der Waals surface area contributed by atoms with E-state index in [-0.39, 0.29) is 17.4 Å². The molecule has 0 fully saturated rings. The van der Waals surface area contributed by atoms with Gasteiger partial charge in [-0.2, -0.15) is 0 Å². The Bertz CT molecular complexity index is 1380. The van der Waals surface area contributed by atoms with Crippen molar-refractivity contribution in [3.63, 3.8) is 0 Å². The van der Waals surface area contributed by atoms with E-state index in [1.54, 1.807) is 0 Å². The van der Waals surface area contributed by atoms with Gasteiger partial charge in [0.05, 0.1) is 5.92 Å². The van der Waals surface area contributed by atoms with Crippen LogP contribution in [-0.2, 0) is 6.61 Å². The summed E-state index contributed by atoms with van der Waals surface area (Å²) >= 11 is 0. The van der Waals surface area contributed by atoms with Crippen LogP contribution in [0.15, 0.2) is 97.2 Å². The van der Waals surface area contributed by atoms with Gasteiger partial charge in [0.2, 0.25) is 6.54 Å². The Hall–Kier alpha value is -4.12. The topological polar surface area (TPSA) is 68.2 Å². The van der Waals surface area contributed by atoms with Crippen molar-refractivity contribution >= 4 is 21.7 Å². The first-order valence-corrected chi connectivity index (χ1v) is 10.6. The third-order valence-corrected chi connectivity index (χ3v) is 5.89. The molecule has 32 heavy (non-hydrogen) atoms. The first-order valence-electron chi connectivity index (χ1n) is 10.6. The standard InChI is InChI=1S/C27H22N2O3/c30-29(31)17-26(25-16-28-27-11-4-3-10-24(25)27)20-12-14-22(15-13-20)32-18-21-8-5-7-19-6-1-2-9-23(19)21/h1-16,26,28H,17-18H2/t26-/m0/s1. The van der Waals surface area contributed by atoms with Gasteiger partial charge in [0.25, 0.3) is 0 Å². The van der Waals surface area contributed by atoms with Crippen molar-refractivity contribution in [2.24, 2.45) is 0 Å². The average Bonchev–Trinajstić information content (AvgIpc) is 3.25. The SMILES string of the molecule is O=[N+]([O-])C[C@@H](c1ccc(OCc2cccc3ccccc23)cc1)c1c[nH]c2ccccc12. The van der Waals surface area contributed by atoms with Crippen molar-refractivity contribution in [1.29, 1.82) is 0 Å². The molecule has 1 N–H and O–H groups in total. The van der Waals surface area contributed by atoms with E-state index in [0.717, 1.165) is 33.3 Å². The smallest absolute Gasteiger partial charge is 0.214 e. The van der Waals surface area contributed by atoms with Crippen LogP contribution in [0.3, 0.4) is 0 Å². The lowest BCUT2D eigenvalue weighted by Crippen LogP contribution is -2.13. The third-order valence-electron chi connectivity index (χ3n) is 5.89. The Morgan fingerprint density at radius 1 is 0.844 bits per heavy atom. The third kappa shape index (κ3) is 3.93. The highest BCUT2D eigenvalue weighted by Crippen LogP contribution is 2.32. The lowest BCUT2D eigenvalue weighted by atomic mass is 9.91. The number of para-hydroxylation sites is 1. The fourth-order valence-electron chi connectivity index (χ4n) is 4.29. The predicted octanol–water partition coefficient (Wildman–Crippen LogP) is 6.31. The zero-order chi connectivity index (χ0) is 21.9. The lowest BCUT2D eigenvalue weighted by Gasteiger charge is -2.14. The van der Waals surface area contributed by atoms with Gasteiger partial charge in [-0.25, -0.2) is 0 Å². The van der Waals surface area contributed by atoms with Crippen molar-refractivity contribution in [1.82, 2.24) is 4.98 Å². The number of nitrogens with zero attached hydrogens (tertiary/aromatic N) is 1. The van der Waals surface area contributed by atoms with Crippen LogP contribution in [0.1, 0.15) is 22.6 Å². The molecular formula is C27H22N2O3. The monoisotopic (exact) mass is 422 g/mol. The molecule has 4 aromatic carbocycles. The number of nitrogens with one attached hydrogen (secondary N) is 1. The summed E-state index contributed by atoms with van der Waals surface area (Å²) in [5, 5.41) is 14.8. The molecule has 0 saturated carbocycles. The van der Waals surface area contributed by atoms with E-state index in [1.807, 2.05) is 72.9 Å². The zero-order valence-electron chi connectivity index (χ0n) is 17.4. The lowest BCUT2D eigenvalue weighted by molar-refractivity contribution is -0.481. The van der Waals surface area contributed by atoms with Crippen molar-refractivity contribution in [2.75, 3.05) is 6.54 Å². The molecule has 0 spiro atoms. The minimum absolute atomic E-state index is 0.169. The molecular weight excluding hydrogens is 400 g/mol. The second-order valence-electron chi connectivity index (χ2n) is 7.85. The van der Waals surface area contributed by atoms with Gasteiger partial charge in [-0.05, 0) is 45.7 Å². The Kier molecular flexibility index (Phi) is 5.30. The van der Waals surface area contributed by atoms with Crippen LogP contribution in [0.5, 0.6) is 5.75 Å². The molecule has 0 aliphatic carbocycles. The van der Waals surface area contributed by atoms with Crippen LogP contribution in [0.2, 0.25) is 0 Å². The molecule has 158 valence electrons. The van der Waals surface area contributed by atoms with Crippen LogP contribution in [0, 0.1) is 10.1 Å². The van der Waals surface area contributed by atoms with E-state index >= 15 is 0 Å². The van der Waals surface area contributed by atoms with Gasteiger partial charge in [-0.3, -0.25) is 10.1 Å². The number of rotatable bonds is 7. The molecule has 5 rings (SSSR count). The normalized spacial score (nSPS) is 12.1. The van der Waals surface area contributed by atoms with Gasteiger partial charge in [-0.1, -0.05) is 72.8 Å². The van der Waals surface area contributed by atoms with Crippen molar-refractivity contribution < 1.29 is 9.66 Å². The number of hydrogen-bond donors (Lipinski definition) is 1. The fraction of sp³-hybridized carbons (Fsp3) is 0.111. The average molecular weight is 422 g/mol. The molecule has 5 nitrogen and oxygen atoms in total. The van der Waals surface area contributed by atoms with E-state index in [4.69, 9.17) is 4.74 Å². The number of H-pyrrole nitrogens is 1. The molecule has 0 radical (unpaired) electrons. The van der Waals surface area contributed by atoms with Gasteiger partial charge >= 0.3 is 0 Å². The Morgan fingerprint density at radius 2 is 1.56 bits per heavy atom. The Balaban J connectivity index is 1.39. The van der Waals surface area contributed by atoms with E-state index in [0.29, 0.717) is 6.61 Å². The van der Waals surface area contributed by atoms with E-state index in [1.165, 1.54) is 10.8 Å². The maximum atomic E-state index is 11.4. The first-order chi connectivity index (χ1) is 15.7. The maximum absolute atomic E-state index is 11.4. The van der Waals surface area contributed by atoms with Crippen LogP contribution in [0.4, 0.5) is 0 Å². The summed E-state index contributed by atoms with van der Waals surface area (Å²) in [6.07, 6.45) is 1.88. The number of benzene rings is 4. The minimum Gasteiger partial charge on any atom is -0.489 e. The summed E-state index contributed by atoms with van der Waals surface area (Å²) in [7, 11) is 0. The minimum atomic E-state index is -0.340. The number of fused-ring (bicyclic) bond motifs is 2. The number of hydrogen-bond acceptors (Lipinski definition) is 3. The number of ether oxygens (including phenoxy) is 1. The highest BCUT2D eigenvalue weighted by Gasteiger charge is 2.23. The van der Waals surface area contributed by atoms with E-state index < -0.39 is 0 Å². The van der Waals surface area contributed by atoms with Gasteiger partial charge in [0, 0.05) is 22.0 Å². The quantitative estimate of drug-likeness (QED) is 0.247. The molecule has 0 saturated heterocycles. The molecule has 0 amide bonds. The molecule has 1 atom stereocenters. The fourth-order valence-corrected chi connectivity index (χ4v) is 4.29. The molecule has 0 unspecified atom stereocenters. The van der Waals surface area contributed by atoms with Crippen molar-refractivity contribution in [2.45, 2.75) is 12.5 Å². The molecule has 5 heteroatoms. The molecule has 0 aliphatic rings. The molecule has 5 aromatic rings. The summed E-state index contributed by atoms with van der Waals surface area (Å²) in [6, 6.07) is 30.0. The van der Waals surface area contributed by atoms with E-state index in [9.17, 15) is 10.1 Å². The molecule has 1 aromatic heterocycles. The second-order valence-corrected chi connectivity index (χ2v) is 7.85. The largest absolute Gasteiger partial charge is 0.489 e. The molecule has 0 bridgehead atoms. The maximum Gasteiger partial charge on any atom is 0.214 e. The summed E-state index contributed by atoms with van der Waals surface area (Å²) < 4.78 is 6.04. The van der Waals surface area contributed by atoms with Crippen molar-refractivity contribution in [3.05, 3.63) is 124 Å². The van der Waals surface area contributed by atoms with Crippen LogP contribution >= 0.6 is 0 Å². The highest BCUT2D eigenvalue weighted by molar-refractivity contribution is 5.85. The van der Waals surface area contributed by atoms with Crippen LogP contribution in [-0.4, -0.2) is 16.5 Å². The van der Waals surface area contributed by atoms with E-state index in [2.05, 4.69) is 29.2 Å². The molecule has 0 aliphatic heterocycles. The molecule has 1 heterocycles. The first kappa shape index (κ1) is 19.8. The summed E-state index contributed by atoms with van der Waals surface area (Å²) in [5.41, 5.74) is 3.92. The van der Waals surface area contributed by atoms with Gasteiger partial charge in [0.1, 0.15) is 12.4 Å².